The molecule has 0 fully saturated rings. The Kier molecular flexibility index (Phi) is 3.26. The molecule has 2 aromatic carbocycles. The minimum atomic E-state index is -0.752. The van der Waals surface area contributed by atoms with Gasteiger partial charge in [-0.15, -0.1) is 0 Å². The molecule has 0 saturated heterocycles. The second kappa shape index (κ2) is 5.45. The second-order valence-electron chi connectivity index (χ2n) is 5.46. The summed E-state index contributed by atoms with van der Waals surface area (Å²) < 4.78 is 17.7. The van der Waals surface area contributed by atoms with Crippen molar-refractivity contribution in [1.82, 2.24) is 4.57 Å². The quantitative estimate of drug-likeness (QED) is 0.778. The van der Waals surface area contributed by atoms with Gasteiger partial charge in [0.1, 0.15) is 6.61 Å². The molecule has 1 N–H and O–H groups in total. The zero-order valence-electron chi connectivity index (χ0n) is 12.8. The van der Waals surface area contributed by atoms with Gasteiger partial charge in [0, 0.05) is 18.8 Å². The number of rotatable bonds is 2. The number of carbonyl (C=O) groups excluding carboxylic acids is 1. The summed E-state index contributed by atoms with van der Waals surface area (Å²) in [6.07, 6.45) is -0.752. The molecule has 1 aromatic heterocycles. The van der Waals surface area contributed by atoms with Gasteiger partial charge < -0.3 is 19.2 Å². The first-order chi connectivity index (χ1) is 11.6. The minimum absolute atomic E-state index is 0.130. The van der Waals surface area contributed by atoms with Gasteiger partial charge in [-0.3, -0.25) is 9.36 Å². The van der Waals surface area contributed by atoms with Crippen LogP contribution in [0.1, 0.15) is 0 Å². The predicted octanol–water partition coefficient (Wildman–Crippen LogP) is 1.91. The smallest absolute Gasteiger partial charge is 0.419 e. The van der Waals surface area contributed by atoms with Crippen molar-refractivity contribution in [1.29, 1.82) is 0 Å². The standard InChI is InChI=1S/C17H14N2O5/c1-19-11-7-6-10(8-14(11)24-17(19)21)18-16(20)15-9-22-12-4-2-3-5-13(12)23-15/h2-8,15H,9H2,1H3,(H,18,20)/t15-/m0/s1. The number of aryl methyl sites for hydroxylation is 1. The normalized spacial score (nSPS) is 16.1. The number of amides is 1. The van der Waals surface area contributed by atoms with Crippen molar-refractivity contribution in [2.24, 2.45) is 7.05 Å². The Morgan fingerprint density at radius 2 is 2.00 bits per heavy atom. The van der Waals surface area contributed by atoms with Crippen molar-refractivity contribution in [3.05, 3.63) is 53.0 Å². The van der Waals surface area contributed by atoms with Crippen LogP contribution in [0.4, 0.5) is 5.69 Å². The molecule has 0 radical (unpaired) electrons. The number of ether oxygens (including phenoxy) is 2. The maximum atomic E-state index is 12.4. The molecule has 122 valence electrons. The highest BCUT2D eigenvalue weighted by Crippen LogP contribution is 2.31. The molecule has 2 heterocycles. The van der Waals surface area contributed by atoms with Crippen LogP contribution in [-0.2, 0) is 11.8 Å². The molecule has 7 heteroatoms. The first-order valence-corrected chi connectivity index (χ1v) is 7.41. The largest absolute Gasteiger partial charge is 0.485 e. The average molecular weight is 326 g/mol. The van der Waals surface area contributed by atoms with E-state index < -0.39 is 11.9 Å². The van der Waals surface area contributed by atoms with Crippen LogP contribution in [0.3, 0.4) is 0 Å². The van der Waals surface area contributed by atoms with E-state index >= 15 is 0 Å². The molecular formula is C17H14N2O5. The monoisotopic (exact) mass is 326 g/mol. The number of para-hydroxylation sites is 2. The molecule has 0 unspecified atom stereocenters. The van der Waals surface area contributed by atoms with Crippen LogP contribution >= 0.6 is 0 Å². The summed E-state index contributed by atoms with van der Waals surface area (Å²) in [7, 11) is 1.62. The molecule has 24 heavy (non-hydrogen) atoms. The van der Waals surface area contributed by atoms with E-state index in [0.29, 0.717) is 28.3 Å². The molecule has 0 bridgehead atoms. The number of hydrogen-bond donors (Lipinski definition) is 1. The topological polar surface area (TPSA) is 82.7 Å². The van der Waals surface area contributed by atoms with Gasteiger partial charge in [0.25, 0.3) is 5.91 Å². The highest BCUT2D eigenvalue weighted by molar-refractivity contribution is 5.96. The lowest BCUT2D eigenvalue weighted by molar-refractivity contribution is -0.125. The van der Waals surface area contributed by atoms with Crippen LogP contribution in [0.25, 0.3) is 11.1 Å². The van der Waals surface area contributed by atoms with Crippen molar-refractivity contribution in [2.45, 2.75) is 6.10 Å². The maximum absolute atomic E-state index is 12.4. The summed E-state index contributed by atoms with van der Waals surface area (Å²) >= 11 is 0. The molecule has 0 aliphatic carbocycles. The molecule has 0 saturated carbocycles. The van der Waals surface area contributed by atoms with E-state index in [1.807, 2.05) is 12.1 Å². The lowest BCUT2D eigenvalue weighted by Crippen LogP contribution is -2.40. The third-order valence-electron chi connectivity index (χ3n) is 3.86. The summed E-state index contributed by atoms with van der Waals surface area (Å²) in [5, 5.41) is 2.75. The van der Waals surface area contributed by atoms with E-state index in [1.165, 1.54) is 4.57 Å². The van der Waals surface area contributed by atoms with Gasteiger partial charge in [-0.05, 0) is 24.3 Å². The van der Waals surface area contributed by atoms with Gasteiger partial charge >= 0.3 is 5.76 Å². The van der Waals surface area contributed by atoms with Gasteiger partial charge in [-0.1, -0.05) is 12.1 Å². The van der Waals surface area contributed by atoms with Crippen LogP contribution in [-0.4, -0.2) is 23.2 Å². The lowest BCUT2D eigenvalue weighted by Gasteiger charge is -2.25. The highest BCUT2D eigenvalue weighted by Gasteiger charge is 2.27. The number of nitrogens with one attached hydrogen (secondary N) is 1. The van der Waals surface area contributed by atoms with Crippen LogP contribution in [0.2, 0.25) is 0 Å². The molecule has 0 spiro atoms. The third-order valence-corrected chi connectivity index (χ3v) is 3.86. The zero-order chi connectivity index (χ0) is 16.7. The SMILES string of the molecule is Cn1c(=O)oc2cc(NC(=O)[C@@H]3COc4ccccc4O3)ccc21. The fourth-order valence-corrected chi connectivity index (χ4v) is 2.58. The Labute approximate surface area is 136 Å². The number of carbonyl (C=O) groups is 1. The summed E-state index contributed by atoms with van der Waals surface area (Å²) in [5.74, 6) is 0.374. The molecule has 3 aromatic rings. The summed E-state index contributed by atoms with van der Waals surface area (Å²) in [6.45, 7) is 0.130. The third kappa shape index (κ3) is 2.40. The summed E-state index contributed by atoms with van der Waals surface area (Å²) in [6, 6.07) is 12.2. The Balaban J connectivity index is 1.53. The number of oxazole rings is 1. The lowest BCUT2D eigenvalue weighted by atomic mass is 10.2. The Hall–Kier alpha value is -3.22. The van der Waals surface area contributed by atoms with Crippen LogP contribution in [0.5, 0.6) is 11.5 Å². The number of hydrogen-bond acceptors (Lipinski definition) is 5. The summed E-state index contributed by atoms with van der Waals surface area (Å²) in [5.41, 5.74) is 1.58. The van der Waals surface area contributed by atoms with Crippen molar-refractivity contribution in [2.75, 3.05) is 11.9 Å². The fraction of sp³-hybridized carbons (Fsp3) is 0.176. The number of nitrogens with zero attached hydrogens (tertiary/aromatic N) is 1. The molecule has 7 nitrogen and oxygen atoms in total. The maximum Gasteiger partial charge on any atom is 0.419 e. The second-order valence-corrected chi connectivity index (χ2v) is 5.46. The van der Waals surface area contributed by atoms with Crippen molar-refractivity contribution in [3.63, 3.8) is 0 Å². The predicted molar refractivity (Wildman–Crippen MR) is 86.4 cm³/mol. The van der Waals surface area contributed by atoms with Crippen LogP contribution < -0.4 is 20.5 Å². The minimum Gasteiger partial charge on any atom is -0.485 e. The van der Waals surface area contributed by atoms with Gasteiger partial charge in [-0.2, -0.15) is 0 Å². The first kappa shape index (κ1) is 14.4. The Morgan fingerprint density at radius 1 is 1.21 bits per heavy atom. The molecule has 1 aliphatic heterocycles. The molecular weight excluding hydrogens is 312 g/mol. The number of benzene rings is 2. The van der Waals surface area contributed by atoms with E-state index in [9.17, 15) is 9.59 Å². The van der Waals surface area contributed by atoms with E-state index in [0.717, 1.165) is 0 Å². The number of fused-ring (bicyclic) bond motifs is 2. The van der Waals surface area contributed by atoms with Crippen molar-refractivity contribution in [3.8, 4) is 11.5 Å². The van der Waals surface area contributed by atoms with Crippen molar-refractivity contribution < 1.29 is 18.7 Å². The molecule has 1 aliphatic rings. The van der Waals surface area contributed by atoms with Gasteiger partial charge in [0.15, 0.2) is 17.1 Å². The van der Waals surface area contributed by atoms with E-state index in [2.05, 4.69) is 5.32 Å². The van der Waals surface area contributed by atoms with E-state index in [4.69, 9.17) is 13.9 Å². The van der Waals surface area contributed by atoms with Crippen LogP contribution in [0, 0.1) is 0 Å². The van der Waals surface area contributed by atoms with Crippen LogP contribution in [0.15, 0.2) is 51.7 Å². The molecule has 1 amide bonds. The summed E-state index contributed by atoms with van der Waals surface area (Å²) in [4.78, 5) is 23.9. The van der Waals surface area contributed by atoms with Gasteiger partial charge in [0.2, 0.25) is 6.10 Å². The molecule has 4 rings (SSSR count). The molecule has 1 atom stereocenters. The highest BCUT2D eigenvalue weighted by atomic mass is 16.6. The average Bonchev–Trinajstić information content (AvgIpc) is 2.88. The van der Waals surface area contributed by atoms with E-state index in [1.54, 1.807) is 37.4 Å². The Bertz CT molecular complexity index is 988. The van der Waals surface area contributed by atoms with E-state index in [-0.39, 0.29) is 12.5 Å². The fourth-order valence-electron chi connectivity index (χ4n) is 2.58. The van der Waals surface area contributed by atoms with Gasteiger partial charge in [-0.25, -0.2) is 4.79 Å². The number of aromatic nitrogens is 1. The first-order valence-electron chi connectivity index (χ1n) is 7.41. The van der Waals surface area contributed by atoms with Gasteiger partial charge in [0.05, 0.1) is 5.52 Å². The Morgan fingerprint density at radius 3 is 2.83 bits per heavy atom. The number of anilines is 1. The zero-order valence-corrected chi connectivity index (χ0v) is 12.8. The van der Waals surface area contributed by atoms with Crippen molar-refractivity contribution >= 4 is 22.7 Å².